The fourth-order valence-corrected chi connectivity index (χ4v) is 2.12. The predicted molar refractivity (Wildman–Crippen MR) is 77.3 cm³/mol. The fourth-order valence-electron chi connectivity index (χ4n) is 1.58. The Balaban J connectivity index is 1.78. The van der Waals surface area contributed by atoms with Crippen LogP contribution in [0, 0.1) is 5.92 Å². The van der Waals surface area contributed by atoms with Crippen molar-refractivity contribution in [1.29, 1.82) is 0 Å². The molecule has 0 saturated carbocycles. The molecule has 0 bridgehead atoms. The molecule has 108 valence electrons. The molecule has 0 atom stereocenters. The molecule has 0 unspecified atom stereocenters. The van der Waals surface area contributed by atoms with E-state index in [-0.39, 0.29) is 12.5 Å². The standard InChI is InChI=1S/C12H18N6OS/c1-9(2)5-13-6-10-7-18(17-16-10)8-11(19)15-12-14-3-4-20-12/h3-4,7,9,13H,5-6,8H2,1-2H3,(H,14,15,19). The minimum absolute atomic E-state index is 0.136. The quantitative estimate of drug-likeness (QED) is 0.799. The van der Waals surface area contributed by atoms with E-state index in [0.29, 0.717) is 17.6 Å². The number of carbonyl (C=O) groups excluding carboxylic acids is 1. The minimum Gasteiger partial charge on any atom is -0.311 e. The molecule has 2 aromatic heterocycles. The van der Waals surface area contributed by atoms with Crippen molar-refractivity contribution in [2.24, 2.45) is 5.92 Å². The molecule has 0 aliphatic rings. The van der Waals surface area contributed by atoms with Gasteiger partial charge in [-0.05, 0) is 12.5 Å². The molecule has 20 heavy (non-hydrogen) atoms. The highest BCUT2D eigenvalue weighted by atomic mass is 32.1. The van der Waals surface area contributed by atoms with Crippen molar-refractivity contribution >= 4 is 22.4 Å². The summed E-state index contributed by atoms with van der Waals surface area (Å²) in [5, 5.41) is 16.3. The maximum absolute atomic E-state index is 11.7. The van der Waals surface area contributed by atoms with E-state index < -0.39 is 0 Å². The van der Waals surface area contributed by atoms with Crippen molar-refractivity contribution in [3.8, 4) is 0 Å². The van der Waals surface area contributed by atoms with Gasteiger partial charge in [-0.1, -0.05) is 19.1 Å². The second kappa shape index (κ2) is 7.11. The molecule has 8 heteroatoms. The number of aromatic nitrogens is 4. The summed E-state index contributed by atoms with van der Waals surface area (Å²) >= 11 is 1.38. The Labute approximate surface area is 121 Å². The molecule has 2 aromatic rings. The van der Waals surface area contributed by atoms with Crippen LogP contribution < -0.4 is 10.6 Å². The smallest absolute Gasteiger partial charge is 0.247 e. The molecule has 0 radical (unpaired) electrons. The third-order valence-electron chi connectivity index (χ3n) is 2.43. The number of amides is 1. The number of rotatable bonds is 7. The van der Waals surface area contributed by atoms with Crippen LogP contribution in [-0.2, 0) is 17.9 Å². The van der Waals surface area contributed by atoms with E-state index in [4.69, 9.17) is 0 Å². The van der Waals surface area contributed by atoms with Crippen molar-refractivity contribution < 1.29 is 4.79 Å². The van der Waals surface area contributed by atoms with E-state index in [1.54, 1.807) is 12.4 Å². The number of nitrogens with one attached hydrogen (secondary N) is 2. The first-order valence-corrected chi connectivity index (χ1v) is 7.30. The Kier molecular flexibility index (Phi) is 5.19. The molecule has 2 heterocycles. The van der Waals surface area contributed by atoms with Gasteiger partial charge in [0.25, 0.3) is 0 Å². The van der Waals surface area contributed by atoms with E-state index in [0.717, 1.165) is 12.2 Å². The van der Waals surface area contributed by atoms with Gasteiger partial charge in [-0.2, -0.15) is 0 Å². The van der Waals surface area contributed by atoms with E-state index in [2.05, 4.69) is 39.8 Å². The highest BCUT2D eigenvalue weighted by molar-refractivity contribution is 7.13. The summed E-state index contributed by atoms with van der Waals surface area (Å²) in [7, 11) is 0. The number of nitrogens with zero attached hydrogens (tertiary/aromatic N) is 4. The molecule has 0 spiro atoms. The number of carbonyl (C=O) groups is 1. The Bertz CT molecular complexity index is 536. The Hall–Kier alpha value is -1.80. The highest BCUT2D eigenvalue weighted by Crippen LogP contribution is 2.09. The molecule has 2 N–H and O–H groups in total. The summed E-state index contributed by atoms with van der Waals surface area (Å²) in [5.74, 6) is 0.431. The molecule has 2 rings (SSSR count). The summed E-state index contributed by atoms with van der Waals surface area (Å²) in [6.45, 7) is 6.01. The molecule has 1 amide bonds. The Morgan fingerprint density at radius 2 is 2.35 bits per heavy atom. The molecule has 0 aliphatic heterocycles. The van der Waals surface area contributed by atoms with Gasteiger partial charge in [-0.25, -0.2) is 9.67 Å². The molecule has 0 aromatic carbocycles. The SMILES string of the molecule is CC(C)CNCc1cn(CC(=O)Nc2nccs2)nn1. The van der Waals surface area contributed by atoms with Crippen molar-refractivity contribution in [3.05, 3.63) is 23.5 Å². The Morgan fingerprint density at radius 1 is 1.50 bits per heavy atom. The summed E-state index contributed by atoms with van der Waals surface area (Å²) in [6, 6.07) is 0. The zero-order valence-electron chi connectivity index (χ0n) is 11.5. The first-order valence-electron chi connectivity index (χ1n) is 6.42. The van der Waals surface area contributed by atoms with E-state index >= 15 is 0 Å². The molecule has 0 aliphatic carbocycles. The summed E-state index contributed by atoms with van der Waals surface area (Å²) in [4.78, 5) is 15.7. The molecular formula is C12H18N6OS. The third-order valence-corrected chi connectivity index (χ3v) is 3.12. The zero-order chi connectivity index (χ0) is 14.4. The van der Waals surface area contributed by atoms with E-state index in [1.807, 2.05) is 5.38 Å². The number of anilines is 1. The van der Waals surface area contributed by atoms with E-state index in [9.17, 15) is 4.79 Å². The number of thiazole rings is 1. The maximum atomic E-state index is 11.7. The first-order chi connectivity index (χ1) is 9.63. The van der Waals surface area contributed by atoms with Crippen molar-refractivity contribution in [3.63, 3.8) is 0 Å². The van der Waals surface area contributed by atoms with Gasteiger partial charge in [0.1, 0.15) is 6.54 Å². The van der Waals surface area contributed by atoms with Crippen LogP contribution in [0.2, 0.25) is 0 Å². The third kappa shape index (κ3) is 4.71. The van der Waals surface area contributed by atoms with Gasteiger partial charge in [0.05, 0.1) is 11.9 Å². The lowest BCUT2D eigenvalue weighted by Crippen LogP contribution is -2.19. The largest absolute Gasteiger partial charge is 0.311 e. The zero-order valence-corrected chi connectivity index (χ0v) is 12.4. The normalized spacial score (nSPS) is 10.9. The number of hydrogen-bond donors (Lipinski definition) is 2. The summed E-state index contributed by atoms with van der Waals surface area (Å²) < 4.78 is 1.52. The van der Waals surface area contributed by atoms with Crippen LogP contribution in [0.3, 0.4) is 0 Å². The molecular weight excluding hydrogens is 276 g/mol. The van der Waals surface area contributed by atoms with Crippen LogP contribution in [0.15, 0.2) is 17.8 Å². The molecule has 0 saturated heterocycles. The van der Waals surface area contributed by atoms with Crippen LogP contribution >= 0.6 is 11.3 Å². The van der Waals surface area contributed by atoms with E-state index in [1.165, 1.54) is 16.0 Å². The lowest BCUT2D eigenvalue weighted by atomic mass is 10.2. The molecule has 7 nitrogen and oxygen atoms in total. The van der Waals surface area contributed by atoms with Gasteiger partial charge in [0.2, 0.25) is 5.91 Å². The second-order valence-corrected chi connectivity index (χ2v) is 5.71. The average Bonchev–Trinajstić information content (AvgIpc) is 3.01. The fraction of sp³-hybridized carbons (Fsp3) is 0.500. The van der Waals surface area contributed by atoms with Gasteiger partial charge in [0.15, 0.2) is 5.13 Å². The van der Waals surface area contributed by atoms with Crippen LogP contribution in [0.1, 0.15) is 19.5 Å². The Morgan fingerprint density at radius 3 is 3.05 bits per heavy atom. The van der Waals surface area contributed by atoms with Crippen LogP contribution in [0.5, 0.6) is 0 Å². The number of hydrogen-bond acceptors (Lipinski definition) is 6. The molecule has 0 fully saturated rings. The lowest BCUT2D eigenvalue weighted by molar-refractivity contribution is -0.116. The van der Waals surface area contributed by atoms with Crippen molar-refractivity contribution in [2.75, 3.05) is 11.9 Å². The predicted octanol–water partition coefficient (Wildman–Crippen LogP) is 1.12. The van der Waals surface area contributed by atoms with Gasteiger partial charge in [0, 0.05) is 18.1 Å². The van der Waals surface area contributed by atoms with Crippen molar-refractivity contribution in [1.82, 2.24) is 25.3 Å². The average molecular weight is 294 g/mol. The van der Waals surface area contributed by atoms with Gasteiger partial charge < -0.3 is 10.6 Å². The minimum atomic E-state index is -0.161. The van der Waals surface area contributed by atoms with Gasteiger partial charge >= 0.3 is 0 Å². The van der Waals surface area contributed by atoms with Crippen molar-refractivity contribution in [2.45, 2.75) is 26.9 Å². The topological polar surface area (TPSA) is 84.7 Å². The summed E-state index contributed by atoms with van der Waals surface area (Å²) in [6.07, 6.45) is 3.42. The van der Waals surface area contributed by atoms with Gasteiger partial charge in [-0.15, -0.1) is 16.4 Å². The van der Waals surface area contributed by atoms with Crippen LogP contribution in [0.4, 0.5) is 5.13 Å². The maximum Gasteiger partial charge on any atom is 0.247 e. The monoisotopic (exact) mass is 294 g/mol. The first kappa shape index (κ1) is 14.6. The van der Waals surface area contributed by atoms with Gasteiger partial charge in [-0.3, -0.25) is 4.79 Å². The summed E-state index contributed by atoms with van der Waals surface area (Å²) in [5.41, 5.74) is 0.827. The highest BCUT2D eigenvalue weighted by Gasteiger charge is 2.07. The van der Waals surface area contributed by atoms with Crippen LogP contribution in [0.25, 0.3) is 0 Å². The lowest BCUT2D eigenvalue weighted by Gasteiger charge is -2.04. The second-order valence-electron chi connectivity index (χ2n) is 4.82. The van der Waals surface area contributed by atoms with Crippen LogP contribution in [-0.4, -0.2) is 32.4 Å².